The number of carbonyl (C=O) groups is 1. The zero-order chi connectivity index (χ0) is 15.9. The Labute approximate surface area is 133 Å². The molecule has 1 N–H and O–H groups in total. The molecule has 1 aliphatic carbocycles. The molecule has 1 fully saturated rings. The molecule has 0 aliphatic heterocycles. The van der Waals surface area contributed by atoms with E-state index in [9.17, 15) is 4.79 Å². The zero-order valence-corrected chi connectivity index (χ0v) is 13.9. The molecule has 1 aromatic carbocycles. The van der Waals surface area contributed by atoms with Gasteiger partial charge in [0.25, 0.3) is 5.91 Å². The minimum Gasteiger partial charge on any atom is -0.493 e. The van der Waals surface area contributed by atoms with Gasteiger partial charge >= 0.3 is 0 Å². The Morgan fingerprint density at radius 3 is 2.68 bits per heavy atom. The number of unbranched alkanes of at least 4 members (excludes halogenated alkanes) is 1. The molecule has 1 amide bonds. The molecule has 2 atom stereocenters. The Kier molecular flexibility index (Phi) is 6.10. The van der Waals surface area contributed by atoms with Gasteiger partial charge in [0.05, 0.1) is 14.2 Å². The fourth-order valence-corrected chi connectivity index (χ4v) is 3.27. The average Bonchev–Trinajstić information content (AvgIpc) is 2.99. The van der Waals surface area contributed by atoms with Crippen molar-refractivity contribution in [2.24, 2.45) is 5.92 Å². The van der Waals surface area contributed by atoms with Gasteiger partial charge in [-0.3, -0.25) is 4.79 Å². The summed E-state index contributed by atoms with van der Waals surface area (Å²) in [7, 11) is 3.17. The lowest BCUT2D eigenvalue weighted by molar-refractivity contribution is 0.0926. The van der Waals surface area contributed by atoms with E-state index in [1.807, 2.05) is 0 Å². The number of ether oxygens (including phenoxy) is 2. The van der Waals surface area contributed by atoms with Crippen molar-refractivity contribution in [3.05, 3.63) is 23.8 Å². The van der Waals surface area contributed by atoms with Crippen molar-refractivity contribution in [1.29, 1.82) is 0 Å². The van der Waals surface area contributed by atoms with Gasteiger partial charge in [0.15, 0.2) is 11.5 Å². The zero-order valence-electron chi connectivity index (χ0n) is 13.9. The highest BCUT2D eigenvalue weighted by Gasteiger charge is 2.28. The van der Waals surface area contributed by atoms with Crippen molar-refractivity contribution in [1.82, 2.24) is 5.32 Å². The van der Waals surface area contributed by atoms with Crippen LogP contribution in [0.1, 0.15) is 55.8 Å². The lowest BCUT2D eigenvalue weighted by atomic mass is 9.96. The van der Waals surface area contributed by atoms with Crippen molar-refractivity contribution < 1.29 is 14.3 Å². The summed E-state index contributed by atoms with van der Waals surface area (Å²) in [6, 6.07) is 5.61. The molecule has 1 aliphatic rings. The highest BCUT2D eigenvalue weighted by molar-refractivity contribution is 5.95. The van der Waals surface area contributed by atoms with Crippen LogP contribution in [0.15, 0.2) is 18.2 Å². The predicted molar refractivity (Wildman–Crippen MR) is 87.7 cm³/mol. The Morgan fingerprint density at radius 1 is 1.23 bits per heavy atom. The molecule has 2 rings (SSSR count). The van der Waals surface area contributed by atoms with Gasteiger partial charge in [0.1, 0.15) is 0 Å². The number of carbonyl (C=O) groups excluding carboxylic acids is 1. The molecular formula is C18H27NO3. The van der Waals surface area contributed by atoms with Crippen LogP contribution < -0.4 is 14.8 Å². The van der Waals surface area contributed by atoms with Crippen LogP contribution in [-0.4, -0.2) is 26.2 Å². The fourth-order valence-electron chi connectivity index (χ4n) is 3.27. The summed E-state index contributed by atoms with van der Waals surface area (Å²) < 4.78 is 10.5. The maximum atomic E-state index is 12.5. The summed E-state index contributed by atoms with van der Waals surface area (Å²) in [4.78, 5) is 12.5. The van der Waals surface area contributed by atoms with Crippen molar-refractivity contribution in [2.45, 2.75) is 51.5 Å². The molecule has 1 aromatic rings. The second-order valence-corrected chi connectivity index (χ2v) is 5.98. The van der Waals surface area contributed by atoms with E-state index in [-0.39, 0.29) is 5.91 Å². The number of amides is 1. The van der Waals surface area contributed by atoms with Gasteiger partial charge in [-0.15, -0.1) is 0 Å². The molecule has 0 spiro atoms. The van der Waals surface area contributed by atoms with Gasteiger partial charge in [0.2, 0.25) is 0 Å². The van der Waals surface area contributed by atoms with E-state index in [2.05, 4.69) is 12.2 Å². The van der Waals surface area contributed by atoms with E-state index in [1.54, 1.807) is 32.4 Å². The first kappa shape index (κ1) is 16.7. The average molecular weight is 305 g/mol. The molecule has 4 nitrogen and oxygen atoms in total. The Hall–Kier alpha value is -1.71. The Morgan fingerprint density at radius 2 is 2.00 bits per heavy atom. The number of benzene rings is 1. The molecule has 0 saturated heterocycles. The maximum Gasteiger partial charge on any atom is 0.251 e. The maximum absolute atomic E-state index is 12.5. The molecule has 122 valence electrons. The number of hydrogen-bond acceptors (Lipinski definition) is 3. The second-order valence-electron chi connectivity index (χ2n) is 5.98. The molecule has 0 bridgehead atoms. The number of nitrogens with one attached hydrogen (secondary N) is 1. The van der Waals surface area contributed by atoms with Crippen LogP contribution in [0.3, 0.4) is 0 Å². The quantitative estimate of drug-likeness (QED) is 0.833. The van der Waals surface area contributed by atoms with Crippen LogP contribution in [0, 0.1) is 5.92 Å². The van der Waals surface area contributed by atoms with E-state index in [0.717, 1.165) is 6.42 Å². The lowest BCUT2D eigenvalue weighted by Crippen LogP contribution is -2.37. The predicted octanol–water partition coefficient (Wildman–Crippen LogP) is 3.79. The van der Waals surface area contributed by atoms with Crippen LogP contribution in [0.25, 0.3) is 0 Å². The van der Waals surface area contributed by atoms with Crippen LogP contribution in [-0.2, 0) is 0 Å². The molecule has 4 heteroatoms. The van der Waals surface area contributed by atoms with Crippen LogP contribution in [0.4, 0.5) is 0 Å². The molecule has 0 heterocycles. The van der Waals surface area contributed by atoms with E-state index in [1.165, 1.54) is 32.1 Å². The summed E-state index contributed by atoms with van der Waals surface area (Å²) in [6.07, 6.45) is 7.21. The van der Waals surface area contributed by atoms with E-state index < -0.39 is 0 Å². The number of methoxy groups -OCH3 is 2. The summed E-state index contributed by atoms with van der Waals surface area (Å²) in [6.45, 7) is 2.21. The highest BCUT2D eigenvalue weighted by atomic mass is 16.5. The van der Waals surface area contributed by atoms with E-state index >= 15 is 0 Å². The van der Waals surface area contributed by atoms with Crippen molar-refractivity contribution in [2.75, 3.05) is 14.2 Å². The third kappa shape index (κ3) is 3.93. The van der Waals surface area contributed by atoms with Gasteiger partial charge in [-0.1, -0.05) is 26.2 Å². The Balaban J connectivity index is 2.02. The Bertz CT molecular complexity index is 501. The first-order valence-electron chi connectivity index (χ1n) is 8.22. The number of hydrogen-bond donors (Lipinski definition) is 1. The molecule has 0 radical (unpaired) electrons. The lowest BCUT2D eigenvalue weighted by Gasteiger charge is -2.21. The van der Waals surface area contributed by atoms with Crippen LogP contribution >= 0.6 is 0 Å². The summed E-state index contributed by atoms with van der Waals surface area (Å²) in [5, 5.41) is 3.21. The van der Waals surface area contributed by atoms with Crippen LogP contribution in [0.5, 0.6) is 11.5 Å². The van der Waals surface area contributed by atoms with Crippen molar-refractivity contribution in [3.63, 3.8) is 0 Å². The van der Waals surface area contributed by atoms with Gasteiger partial charge in [-0.25, -0.2) is 0 Å². The first-order chi connectivity index (χ1) is 10.7. The molecule has 22 heavy (non-hydrogen) atoms. The second kappa shape index (κ2) is 8.06. The minimum absolute atomic E-state index is 0.0191. The first-order valence-corrected chi connectivity index (χ1v) is 8.22. The minimum atomic E-state index is -0.0191. The SMILES string of the molecule is CCCCC1CCCC1NC(=O)c1ccc(OC)c(OC)c1. The van der Waals surface area contributed by atoms with Crippen molar-refractivity contribution >= 4 is 5.91 Å². The standard InChI is InChI=1S/C18H27NO3/c1-4-5-7-13-8-6-9-15(13)19-18(20)14-10-11-16(21-2)17(12-14)22-3/h10-13,15H,4-9H2,1-3H3,(H,19,20). The normalized spacial score (nSPS) is 20.7. The topological polar surface area (TPSA) is 47.6 Å². The summed E-state index contributed by atoms with van der Waals surface area (Å²) >= 11 is 0. The fraction of sp³-hybridized carbons (Fsp3) is 0.611. The van der Waals surface area contributed by atoms with Gasteiger partial charge in [-0.05, 0) is 43.4 Å². The van der Waals surface area contributed by atoms with Gasteiger partial charge < -0.3 is 14.8 Å². The molecular weight excluding hydrogens is 278 g/mol. The van der Waals surface area contributed by atoms with E-state index in [4.69, 9.17) is 9.47 Å². The molecule has 1 saturated carbocycles. The third-order valence-electron chi connectivity index (χ3n) is 4.55. The molecule has 2 unspecified atom stereocenters. The van der Waals surface area contributed by atoms with Gasteiger partial charge in [-0.2, -0.15) is 0 Å². The van der Waals surface area contributed by atoms with Crippen LogP contribution in [0.2, 0.25) is 0 Å². The van der Waals surface area contributed by atoms with Gasteiger partial charge in [0, 0.05) is 11.6 Å². The summed E-state index contributed by atoms with van der Waals surface area (Å²) in [5.74, 6) is 1.84. The monoisotopic (exact) mass is 305 g/mol. The van der Waals surface area contributed by atoms with Crippen molar-refractivity contribution in [3.8, 4) is 11.5 Å². The molecule has 0 aromatic heterocycles. The number of rotatable bonds is 7. The highest BCUT2D eigenvalue weighted by Crippen LogP contribution is 2.31. The summed E-state index contributed by atoms with van der Waals surface area (Å²) in [5.41, 5.74) is 0.624. The smallest absolute Gasteiger partial charge is 0.251 e. The van der Waals surface area contributed by atoms with E-state index in [0.29, 0.717) is 29.0 Å². The largest absolute Gasteiger partial charge is 0.493 e. The third-order valence-corrected chi connectivity index (χ3v) is 4.55.